The Morgan fingerprint density at radius 2 is 2.27 bits per heavy atom. The molecule has 0 radical (unpaired) electrons. The molecule has 0 aliphatic carbocycles. The summed E-state index contributed by atoms with van der Waals surface area (Å²) in [6, 6.07) is 0. The van der Waals surface area contributed by atoms with Gasteiger partial charge in [-0.15, -0.1) is 0 Å². The van der Waals surface area contributed by atoms with Crippen LogP contribution in [0, 0.1) is 0 Å². The predicted molar refractivity (Wildman–Crippen MR) is 45.6 cm³/mol. The molecule has 0 unspecified atom stereocenters. The van der Waals surface area contributed by atoms with Crippen LogP contribution in [0.4, 0.5) is 5.82 Å². The highest BCUT2D eigenvalue weighted by Crippen LogP contribution is 2.03. The van der Waals surface area contributed by atoms with Crippen molar-refractivity contribution in [2.24, 2.45) is 0 Å². The van der Waals surface area contributed by atoms with Gasteiger partial charge in [0.2, 0.25) is 0 Å². The Kier molecular flexibility index (Phi) is 2.83. The van der Waals surface area contributed by atoms with E-state index in [1.54, 1.807) is 18.6 Å². The maximum Gasteiger partial charge on any atom is 0.146 e. The van der Waals surface area contributed by atoms with Gasteiger partial charge < -0.3 is 4.90 Å². The molecule has 1 heterocycles. The summed E-state index contributed by atoms with van der Waals surface area (Å²) in [5, 5.41) is 0. The molecule has 3 heteroatoms. The third-order valence-corrected chi connectivity index (χ3v) is 1.50. The highest BCUT2D eigenvalue weighted by Gasteiger charge is 1.97. The first-order valence-electron chi connectivity index (χ1n) is 3.81. The third-order valence-electron chi connectivity index (χ3n) is 1.50. The van der Waals surface area contributed by atoms with E-state index in [0.29, 0.717) is 0 Å². The molecule has 0 amide bonds. The van der Waals surface area contributed by atoms with Gasteiger partial charge in [-0.25, -0.2) is 4.98 Å². The summed E-state index contributed by atoms with van der Waals surface area (Å²) in [6.45, 7) is 3.17. The minimum absolute atomic E-state index is 0.939. The summed E-state index contributed by atoms with van der Waals surface area (Å²) in [6.07, 6.45) is 6.30. The fourth-order valence-electron chi connectivity index (χ4n) is 0.938. The van der Waals surface area contributed by atoms with Crippen LogP contribution in [0.1, 0.15) is 13.3 Å². The third kappa shape index (κ3) is 2.18. The van der Waals surface area contributed by atoms with E-state index in [0.717, 1.165) is 18.8 Å². The average molecular weight is 151 g/mol. The number of rotatable bonds is 3. The van der Waals surface area contributed by atoms with Crippen LogP contribution in [0.15, 0.2) is 18.6 Å². The van der Waals surface area contributed by atoms with Crippen LogP contribution >= 0.6 is 0 Å². The smallest absolute Gasteiger partial charge is 0.146 e. The Morgan fingerprint density at radius 1 is 1.45 bits per heavy atom. The van der Waals surface area contributed by atoms with E-state index >= 15 is 0 Å². The molecule has 0 N–H and O–H groups in total. The van der Waals surface area contributed by atoms with Crippen molar-refractivity contribution in [1.29, 1.82) is 0 Å². The second kappa shape index (κ2) is 3.91. The van der Waals surface area contributed by atoms with E-state index in [9.17, 15) is 0 Å². The van der Waals surface area contributed by atoms with E-state index in [1.165, 1.54) is 0 Å². The lowest BCUT2D eigenvalue weighted by Crippen LogP contribution is -2.18. The minimum atomic E-state index is 0.939. The molecule has 0 aliphatic heterocycles. The first-order chi connectivity index (χ1) is 5.34. The van der Waals surface area contributed by atoms with Gasteiger partial charge >= 0.3 is 0 Å². The van der Waals surface area contributed by atoms with Gasteiger partial charge in [-0.3, -0.25) is 4.98 Å². The van der Waals surface area contributed by atoms with Crippen LogP contribution in [0.3, 0.4) is 0 Å². The molecule has 1 aromatic heterocycles. The summed E-state index contributed by atoms with van der Waals surface area (Å²) in [5.41, 5.74) is 0. The van der Waals surface area contributed by atoms with Crippen molar-refractivity contribution < 1.29 is 0 Å². The van der Waals surface area contributed by atoms with E-state index < -0.39 is 0 Å². The summed E-state index contributed by atoms with van der Waals surface area (Å²) in [4.78, 5) is 10.2. The first kappa shape index (κ1) is 7.98. The van der Waals surface area contributed by atoms with E-state index in [1.807, 2.05) is 7.05 Å². The quantitative estimate of drug-likeness (QED) is 0.652. The molecule has 0 saturated carbocycles. The van der Waals surface area contributed by atoms with Gasteiger partial charge in [0.1, 0.15) is 5.82 Å². The highest BCUT2D eigenvalue weighted by molar-refractivity contribution is 5.32. The molecule has 0 spiro atoms. The fourth-order valence-corrected chi connectivity index (χ4v) is 0.938. The van der Waals surface area contributed by atoms with Crippen molar-refractivity contribution in [1.82, 2.24) is 9.97 Å². The summed E-state index contributed by atoms with van der Waals surface area (Å²) in [7, 11) is 2.02. The molecule has 3 nitrogen and oxygen atoms in total. The van der Waals surface area contributed by atoms with Crippen molar-refractivity contribution in [3.63, 3.8) is 0 Å². The summed E-state index contributed by atoms with van der Waals surface area (Å²) < 4.78 is 0. The second-order valence-electron chi connectivity index (χ2n) is 2.49. The van der Waals surface area contributed by atoms with Gasteiger partial charge in [-0.2, -0.15) is 0 Å². The zero-order valence-corrected chi connectivity index (χ0v) is 6.99. The number of hydrogen-bond acceptors (Lipinski definition) is 3. The summed E-state index contributed by atoms with van der Waals surface area (Å²) >= 11 is 0. The Bertz CT molecular complexity index is 198. The predicted octanol–water partition coefficient (Wildman–Crippen LogP) is 1.32. The normalized spacial score (nSPS) is 9.64. The van der Waals surface area contributed by atoms with Crippen LogP contribution in [0.5, 0.6) is 0 Å². The standard InChI is InChI=1S/C8H13N3/c1-3-6-11(2)8-7-9-4-5-10-8/h4-5,7H,3,6H2,1-2H3. The van der Waals surface area contributed by atoms with Crippen molar-refractivity contribution in [2.45, 2.75) is 13.3 Å². The molecule has 0 atom stereocenters. The lowest BCUT2D eigenvalue weighted by Gasteiger charge is -2.15. The molecule has 1 rings (SSSR count). The van der Waals surface area contributed by atoms with E-state index in [2.05, 4.69) is 21.8 Å². The lowest BCUT2D eigenvalue weighted by atomic mass is 10.4. The maximum absolute atomic E-state index is 4.16. The summed E-state index contributed by atoms with van der Waals surface area (Å²) in [5.74, 6) is 0.939. The zero-order chi connectivity index (χ0) is 8.10. The molecule has 0 saturated heterocycles. The molecule has 0 bridgehead atoms. The SMILES string of the molecule is CCCN(C)c1cnccn1. The Morgan fingerprint density at radius 3 is 2.82 bits per heavy atom. The molecule has 0 aromatic carbocycles. The topological polar surface area (TPSA) is 29.0 Å². The van der Waals surface area contributed by atoms with Crippen LogP contribution < -0.4 is 4.90 Å². The van der Waals surface area contributed by atoms with Gasteiger partial charge in [0, 0.05) is 26.0 Å². The van der Waals surface area contributed by atoms with E-state index in [-0.39, 0.29) is 0 Å². The van der Waals surface area contributed by atoms with Crippen molar-refractivity contribution in [2.75, 3.05) is 18.5 Å². The highest BCUT2D eigenvalue weighted by atomic mass is 15.2. The second-order valence-corrected chi connectivity index (χ2v) is 2.49. The molecule has 11 heavy (non-hydrogen) atoms. The molecular formula is C8H13N3. The van der Waals surface area contributed by atoms with Gasteiger partial charge in [0.15, 0.2) is 0 Å². The van der Waals surface area contributed by atoms with E-state index in [4.69, 9.17) is 0 Å². The van der Waals surface area contributed by atoms with Gasteiger partial charge in [-0.05, 0) is 6.42 Å². The minimum Gasteiger partial charge on any atom is -0.358 e. The molecular weight excluding hydrogens is 138 g/mol. The number of hydrogen-bond donors (Lipinski definition) is 0. The Balaban J connectivity index is 2.61. The molecule has 0 fully saturated rings. The largest absolute Gasteiger partial charge is 0.358 e. The number of nitrogens with zero attached hydrogens (tertiary/aromatic N) is 3. The monoisotopic (exact) mass is 151 g/mol. The molecule has 0 aliphatic rings. The van der Waals surface area contributed by atoms with Crippen LogP contribution in [-0.4, -0.2) is 23.6 Å². The molecule has 60 valence electrons. The van der Waals surface area contributed by atoms with Crippen LogP contribution in [0.2, 0.25) is 0 Å². The van der Waals surface area contributed by atoms with Crippen molar-refractivity contribution in [3.8, 4) is 0 Å². The zero-order valence-electron chi connectivity index (χ0n) is 6.99. The first-order valence-corrected chi connectivity index (χ1v) is 3.81. The Labute approximate surface area is 67.1 Å². The average Bonchev–Trinajstić information content (AvgIpc) is 2.07. The van der Waals surface area contributed by atoms with Gasteiger partial charge in [-0.1, -0.05) is 6.92 Å². The van der Waals surface area contributed by atoms with Crippen molar-refractivity contribution >= 4 is 5.82 Å². The van der Waals surface area contributed by atoms with Crippen molar-refractivity contribution in [3.05, 3.63) is 18.6 Å². The van der Waals surface area contributed by atoms with Crippen LogP contribution in [0.25, 0.3) is 0 Å². The van der Waals surface area contributed by atoms with Gasteiger partial charge in [0.25, 0.3) is 0 Å². The number of anilines is 1. The molecule has 1 aromatic rings. The van der Waals surface area contributed by atoms with Gasteiger partial charge in [0.05, 0.1) is 6.20 Å². The number of aromatic nitrogens is 2. The fraction of sp³-hybridized carbons (Fsp3) is 0.500. The lowest BCUT2D eigenvalue weighted by molar-refractivity contribution is 0.833. The Hall–Kier alpha value is -1.12. The maximum atomic E-state index is 4.16. The van der Waals surface area contributed by atoms with Crippen LogP contribution in [-0.2, 0) is 0 Å².